The van der Waals surface area contributed by atoms with E-state index in [2.05, 4.69) is 181 Å². The van der Waals surface area contributed by atoms with Crippen LogP contribution in [0.1, 0.15) is 0 Å². The summed E-state index contributed by atoms with van der Waals surface area (Å²) in [6, 6.07) is 64.5. The van der Waals surface area contributed by atoms with Crippen LogP contribution < -0.4 is 4.90 Å². The number of nitrogens with zero attached hydrogens (tertiary/aromatic N) is 1. The van der Waals surface area contributed by atoms with E-state index in [1.54, 1.807) is 0 Å². The third-order valence-electron chi connectivity index (χ3n) is 9.51. The lowest BCUT2D eigenvalue weighted by Gasteiger charge is -2.26. The average molecular weight is 692 g/mol. The van der Waals surface area contributed by atoms with E-state index in [0.717, 1.165) is 17.1 Å². The maximum atomic E-state index is 2.36. The molecule has 4 heteroatoms. The Bertz CT molecular complexity index is 2620. The fourth-order valence-corrected chi connectivity index (χ4v) is 10.2. The van der Waals surface area contributed by atoms with Crippen molar-refractivity contribution >= 4 is 91.4 Å². The summed E-state index contributed by atoms with van der Waals surface area (Å²) in [5, 5.41) is 5.24. The highest BCUT2D eigenvalue weighted by Crippen LogP contribution is 2.41. The first-order valence-corrected chi connectivity index (χ1v) is 19.2. The van der Waals surface area contributed by atoms with Gasteiger partial charge in [-0.25, -0.2) is 0 Å². The van der Waals surface area contributed by atoms with Gasteiger partial charge in [0.1, 0.15) is 0 Å². The number of rotatable bonds is 6. The van der Waals surface area contributed by atoms with Crippen molar-refractivity contribution in [2.45, 2.75) is 0 Å². The van der Waals surface area contributed by atoms with E-state index in [-0.39, 0.29) is 0 Å². The van der Waals surface area contributed by atoms with Gasteiger partial charge in [-0.1, -0.05) is 97.1 Å². The highest BCUT2D eigenvalue weighted by molar-refractivity contribution is 7.25. The van der Waals surface area contributed by atoms with E-state index in [0.29, 0.717) is 0 Å². The summed E-state index contributed by atoms with van der Waals surface area (Å²) in [6.45, 7) is 0. The van der Waals surface area contributed by atoms with Crippen molar-refractivity contribution in [1.29, 1.82) is 0 Å². The molecule has 0 spiro atoms. The van der Waals surface area contributed by atoms with E-state index < -0.39 is 0 Å². The fourth-order valence-electron chi connectivity index (χ4n) is 6.95. The van der Waals surface area contributed by atoms with Crippen LogP contribution in [0.15, 0.2) is 176 Å². The molecule has 0 saturated heterocycles. The molecule has 0 radical (unpaired) electrons. The molecule has 236 valence electrons. The first-order valence-electron chi connectivity index (χ1n) is 16.7. The number of fused-ring (bicyclic) bond motifs is 5. The molecule has 0 aliphatic rings. The summed E-state index contributed by atoms with van der Waals surface area (Å²) in [5.41, 5.74) is 8.31. The number of anilines is 3. The molecule has 0 fully saturated rings. The van der Waals surface area contributed by atoms with Crippen LogP contribution in [0.25, 0.3) is 72.4 Å². The molecule has 3 aromatic heterocycles. The molecule has 10 aromatic rings. The molecule has 0 atom stereocenters. The van der Waals surface area contributed by atoms with E-state index >= 15 is 0 Å². The lowest BCUT2D eigenvalue weighted by molar-refractivity contribution is 1.28. The zero-order valence-corrected chi connectivity index (χ0v) is 29.4. The average Bonchev–Trinajstić information content (AvgIpc) is 3.91. The van der Waals surface area contributed by atoms with Crippen LogP contribution in [0.3, 0.4) is 0 Å². The maximum absolute atomic E-state index is 2.36. The van der Waals surface area contributed by atoms with Crippen molar-refractivity contribution in [2.24, 2.45) is 0 Å². The van der Waals surface area contributed by atoms with Gasteiger partial charge in [0.15, 0.2) is 0 Å². The number of hydrogen-bond acceptors (Lipinski definition) is 4. The van der Waals surface area contributed by atoms with Gasteiger partial charge in [0.25, 0.3) is 0 Å². The van der Waals surface area contributed by atoms with Crippen LogP contribution in [0, 0.1) is 0 Å². The van der Waals surface area contributed by atoms with Crippen LogP contribution in [0.5, 0.6) is 0 Å². The smallest absolute Gasteiger partial charge is 0.0462 e. The molecule has 1 nitrogen and oxygen atoms in total. The Kier molecular flexibility index (Phi) is 7.12. The van der Waals surface area contributed by atoms with Crippen molar-refractivity contribution in [3.8, 4) is 32.0 Å². The number of hydrogen-bond donors (Lipinski definition) is 0. The normalized spacial score (nSPS) is 11.6. The Morgan fingerprint density at radius 3 is 1.28 bits per heavy atom. The van der Waals surface area contributed by atoms with Gasteiger partial charge in [-0.2, -0.15) is 0 Å². The molecule has 0 N–H and O–H groups in total. The largest absolute Gasteiger partial charge is 0.311 e. The Balaban J connectivity index is 1.03. The van der Waals surface area contributed by atoms with Gasteiger partial charge in [0.05, 0.1) is 0 Å². The third kappa shape index (κ3) is 5.21. The molecule has 0 aliphatic carbocycles. The van der Waals surface area contributed by atoms with Crippen LogP contribution >= 0.6 is 34.0 Å². The number of thiophene rings is 3. The Morgan fingerprint density at radius 1 is 0.300 bits per heavy atom. The minimum Gasteiger partial charge on any atom is -0.311 e. The topological polar surface area (TPSA) is 3.24 Å². The summed E-state index contributed by atoms with van der Waals surface area (Å²) in [6.07, 6.45) is 0. The van der Waals surface area contributed by atoms with Gasteiger partial charge >= 0.3 is 0 Å². The molecule has 0 aliphatic heterocycles. The maximum Gasteiger partial charge on any atom is 0.0462 e. The molecule has 10 rings (SSSR count). The summed E-state index contributed by atoms with van der Waals surface area (Å²) in [7, 11) is 0. The van der Waals surface area contributed by atoms with E-state index in [9.17, 15) is 0 Å². The zero-order valence-electron chi connectivity index (χ0n) is 26.9. The van der Waals surface area contributed by atoms with Crippen molar-refractivity contribution < 1.29 is 0 Å². The van der Waals surface area contributed by atoms with Gasteiger partial charge in [0.2, 0.25) is 0 Å². The molecule has 0 saturated carbocycles. The zero-order chi connectivity index (χ0) is 33.0. The van der Waals surface area contributed by atoms with Crippen molar-refractivity contribution in [3.63, 3.8) is 0 Å². The van der Waals surface area contributed by atoms with Crippen LogP contribution in [-0.2, 0) is 0 Å². The molecule has 7 aromatic carbocycles. The van der Waals surface area contributed by atoms with Gasteiger partial charge in [-0.05, 0) is 112 Å². The number of benzene rings is 7. The summed E-state index contributed by atoms with van der Waals surface area (Å²) >= 11 is 5.56. The van der Waals surface area contributed by atoms with E-state index in [4.69, 9.17) is 0 Å². The molecular weight excluding hydrogens is 663 g/mol. The molecule has 0 amide bonds. The Morgan fingerprint density at radius 2 is 0.740 bits per heavy atom. The highest BCUT2D eigenvalue weighted by atomic mass is 32.1. The van der Waals surface area contributed by atoms with Crippen LogP contribution in [0.4, 0.5) is 17.1 Å². The fraction of sp³-hybridized carbons (Fsp3) is 0. The molecule has 3 heterocycles. The predicted octanol–water partition coefficient (Wildman–Crippen LogP) is 15.0. The van der Waals surface area contributed by atoms with E-state index in [1.165, 1.54) is 72.4 Å². The van der Waals surface area contributed by atoms with E-state index in [1.807, 2.05) is 34.0 Å². The highest BCUT2D eigenvalue weighted by Gasteiger charge is 2.15. The molecule has 0 bridgehead atoms. The van der Waals surface area contributed by atoms with Crippen LogP contribution in [0.2, 0.25) is 0 Å². The van der Waals surface area contributed by atoms with Gasteiger partial charge < -0.3 is 4.90 Å². The van der Waals surface area contributed by atoms with Crippen molar-refractivity contribution in [2.75, 3.05) is 4.90 Å². The second-order valence-electron chi connectivity index (χ2n) is 12.6. The third-order valence-corrected chi connectivity index (χ3v) is 13.0. The van der Waals surface area contributed by atoms with Crippen molar-refractivity contribution in [1.82, 2.24) is 0 Å². The molecule has 0 unspecified atom stereocenters. The Hall–Kier alpha value is -5.52. The summed E-state index contributed by atoms with van der Waals surface area (Å²) in [4.78, 5) is 4.94. The lowest BCUT2D eigenvalue weighted by atomic mass is 10.0. The standard InChI is InChI=1S/C46H29NS3/c1-4-10-41-34(7-1)28-45(48-41)31-15-22-37(23-16-31)47(38-24-17-32(18-25-38)46-29-35-8-2-5-11-42(35)49-46)36-20-13-30(14-21-36)33-19-26-44-40(27-33)39-9-3-6-12-43(39)50-44/h1-29H. The quantitative estimate of drug-likeness (QED) is 0.168. The molecule has 50 heavy (non-hydrogen) atoms. The second-order valence-corrected chi connectivity index (χ2v) is 15.8. The van der Waals surface area contributed by atoms with Gasteiger partial charge in [-0.3, -0.25) is 0 Å². The first-order chi connectivity index (χ1) is 24.7. The molecular formula is C46H29NS3. The lowest BCUT2D eigenvalue weighted by Crippen LogP contribution is -2.09. The van der Waals surface area contributed by atoms with Gasteiger partial charge in [0, 0.05) is 56.4 Å². The minimum absolute atomic E-state index is 1.13. The van der Waals surface area contributed by atoms with Gasteiger partial charge in [-0.15, -0.1) is 34.0 Å². The monoisotopic (exact) mass is 691 g/mol. The summed E-state index contributed by atoms with van der Waals surface area (Å²) in [5.74, 6) is 0. The van der Waals surface area contributed by atoms with Crippen LogP contribution in [-0.4, -0.2) is 0 Å². The minimum atomic E-state index is 1.13. The van der Waals surface area contributed by atoms with Crippen molar-refractivity contribution in [3.05, 3.63) is 176 Å². The predicted molar refractivity (Wildman–Crippen MR) is 221 cm³/mol. The second kappa shape index (κ2) is 12.1. The Labute approximate surface area is 302 Å². The first kappa shape index (κ1) is 29.4. The SMILES string of the molecule is c1ccc2sc(-c3ccc(N(c4ccc(-c5ccc6sc7ccccc7c6c5)cc4)c4ccc(-c5cc6ccccc6s5)cc4)cc3)cc2c1. The summed E-state index contributed by atoms with van der Waals surface area (Å²) < 4.78 is 5.30.